The molecule has 23 heavy (non-hydrogen) atoms. The van der Waals surface area contributed by atoms with Crippen LogP contribution in [0.25, 0.3) is 0 Å². The highest BCUT2D eigenvalue weighted by Crippen LogP contribution is 2.30. The molecule has 2 aromatic rings. The van der Waals surface area contributed by atoms with E-state index in [4.69, 9.17) is 21.7 Å². The third-order valence-electron chi connectivity index (χ3n) is 2.92. The molecule has 0 aliphatic rings. The number of ether oxygens (including phenoxy) is 2. The number of benzene rings is 1. The molecule has 0 aliphatic carbocycles. The smallest absolute Gasteiger partial charge is 0.416 e. The van der Waals surface area contributed by atoms with Gasteiger partial charge in [-0.2, -0.15) is 18.2 Å². The van der Waals surface area contributed by atoms with E-state index in [1.165, 1.54) is 24.1 Å². The van der Waals surface area contributed by atoms with Crippen LogP contribution in [0.3, 0.4) is 0 Å². The number of rotatable bonds is 3. The number of alkyl halides is 3. The highest BCUT2D eigenvalue weighted by atomic mass is 32.1. The zero-order valence-corrected chi connectivity index (χ0v) is 13.1. The van der Waals surface area contributed by atoms with Gasteiger partial charge in [-0.1, -0.05) is 6.07 Å². The Labute approximate surface area is 136 Å². The summed E-state index contributed by atoms with van der Waals surface area (Å²) in [7, 11) is 3.12. The van der Waals surface area contributed by atoms with Gasteiger partial charge in [-0.15, -0.1) is 0 Å². The molecule has 0 radical (unpaired) electrons. The summed E-state index contributed by atoms with van der Waals surface area (Å²) < 4.78 is 47.9. The molecule has 0 saturated carbocycles. The van der Waals surface area contributed by atoms with Gasteiger partial charge in [0.05, 0.1) is 12.7 Å². The Morgan fingerprint density at radius 2 is 1.78 bits per heavy atom. The van der Waals surface area contributed by atoms with Crippen LogP contribution in [0.2, 0.25) is 0 Å². The van der Waals surface area contributed by atoms with Crippen LogP contribution >= 0.6 is 12.2 Å². The third kappa shape index (κ3) is 4.32. The SMILES string of the molecule is COc1cccc(N(C)C(=S)Oc2ccc(C(F)(F)F)cc2)n1. The number of hydrogen-bond donors (Lipinski definition) is 0. The van der Waals surface area contributed by atoms with Crippen LogP contribution in [-0.2, 0) is 6.18 Å². The average Bonchev–Trinajstić information content (AvgIpc) is 2.53. The summed E-state index contributed by atoms with van der Waals surface area (Å²) in [5.74, 6) is 1.10. The molecule has 122 valence electrons. The third-order valence-corrected chi connectivity index (χ3v) is 3.28. The van der Waals surface area contributed by atoms with E-state index in [0.717, 1.165) is 12.1 Å². The van der Waals surface area contributed by atoms with E-state index in [2.05, 4.69) is 4.98 Å². The number of thiocarbonyl (C=S) groups is 1. The summed E-state index contributed by atoms with van der Waals surface area (Å²) in [5.41, 5.74) is -0.751. The number of nitrogens with zero attached hydrogens (tertiary/aromatic N) is 2. The van der Waals surface area contributed by atoms with Crippen LogP contribution in [-0.4, -0.2) is 24.3 Å². The molecule has 0 aliphatic heterocycles. The Kier molecular flexibility index (Phi) is 5.05. The first-order valence-electron chi connectivity index (χ1n) is 6.45. The first-order valence-corrected chi connectivity index (χ1v) is 6.86. The molecular weight excluding hydrogens is 329 g/mol. The van der Waals surface area contributed by atoms with E-state index >= 15 is 0 Å². The predicted octanol–water partition coefficient (Wildman–Crippen LogP) is 3.91. The number of methoxy groups -OCH3 is 1. The van der Waals surface area contributed by atoms with Crippen molar-refractivity contribution < 1.29 is 22.6 Å². The fourth-order valence-electron chi connectivity index (χ4n) is 1.68. The predicted molar refractivity (Wildman–Crippen MR) is 83.9 cm³/mol. The normalized spacial score (nSPS) is 11.0. The van der Waals surface area contributed by atoms with Gasteiger partial charge in [0.15, 0.2) is 0 Å². The van der Waals surface area contributed by atoms with Crippen molar-refractivity contribution in [2.24, 2.45) is 0 Å². The molecule has 0 amide bonds. The second kappa shape index (κ2) is 6.82. The molecule has 0 bridgehead atoms. The largest absolute Gasteiger partial charge is 0.481 e. The van der Waals surface area contributed by atoms with Crippen LogP contribution in [0.4, 0.5) is 19.0 Å². The zero-order chi connectivity index (χ0) is 17.0. The highest BCUT2D eigenvalue weighted by Gasteiger charge is 2.30. The van der Waals surface area contributed by atoms with E-state index < -0.39 is 11.7 Å². The van der Waals surface area contributed by atoms with Gasteiger partial charge in [0.1, 0.15) is 11.6 Å². The van der Waals surface area contributed by atoms with E-state index in [1.807, 2.05) is 0 Å². The first kappa shape index (κ1) is 17.0. The maximum atomic E-state index is 12.5. The number of anilines is 1. The van der Waals surface area contributed by atoms with Crippen molar-refractivity contribution in [1.82, 2.24) is 4.98 Å². The first-order chi connectivity index (χ1) is 10.8. The Bertz CT molecular complexity index is 690. The van der Waals surface area contributed by atoms with Crippen LogP contribution in [0.1, 0.15) is 5.56 Å². The van der Waals surface area contributed by atoms with Crippen LogP contribution < -0.4 is 14.4 Å². The van der Waals surface area contributed by atoms with Crippen LogP contribution in [0.5, 0.6) is 11.6 Å². The summed E-state index contributed by atoms with van der Waals surface area (Å²) in [6.07, 6.45) is -4.39. The van der Waals surface area contributed by atoms with Crippen molar-refractivity contribution in [1.29, 1.82) is 0 Å². The number of hydrogen-bond acceptors (Lipinski definition) is 4. The van der Waals surface area contributed by atoms with Gasteiger partial charge < -0.3 is 9.47 Å². The minimum Gasteiger partial charge on any atom is -0.481 e. The lowest BCUT2D eigenvalue weighted by molar-refractivity contribution is -0.137. The average molecular weight is 342 g/mol. The van der Waals surface area contributed by atoms with Gasteiger partial charge in [-0.25, -0.2) is 0 Å². The minimum atomic E-state index is -4.39. The van der Waals surface area contributed by atoms with Crippen LogP contribution in [0.15, 0.2) is 42.5 Å². The molecule has 0 saturated heterocycles. The summed E-state index contributed by atoms with van der Waals surface area (Å²) in [6.45, 7) is 0. The number of pyridine rings is 1. The van der Waals surface area contributed by atoms with Crippen molar-refractivity contribution in [3.05, 3.63) is 48.0 Å². The molecule has 0 fully saturated rings. The van der Waals surface area contributed by atoms with E-state index in [1.54, 1.807) is 25.2 Å². The molecule has 0 atom stereocenters. The maximum Gasteiger partial charge on any atom is 0.416 e. The molecule has 1 aromatic carbocycles. The molecule has 2 rings (SSSR count). The fraction of sp³-hybridized carbons (Fsp3) is 0.200. The lowest BCUT2D eigenvalue weighted by Crippen LogP contribution is -2.29. The van der Waals surface area contributed by atoms with Gasteiger partial charge in [-0.3, -0.25) is 4.90 Å². The molecular formula is C15H13F3N2O2S. The van der Waals surface area contributed by atoms with Crippen molar-refractivity contribution in [2.45, 2.75) is 6.18 Å². The summed E-state index contributed by atoms with van der Waals surface area (Å²) >= 11 is 5.13. The van der Waals surface area contributed by atoms with E-state index in [9.17, 15) is 13.2 Å². The van der Waals surface area contributed by atoms with Gasteiger partial charge in [-0.05, 0) is 42.5 Å². The molecule has 0 N–H and O–H groups in total. The van der Waals surface area contributed by atoms with Gasteiger partial charge >= 0.3 is 6.18 Å². The quantitative estimate of drug-likeness (QED) is 0.790. The van der Waals surface area contributed by atoms with E-state index in [0.29, 0.717) is 11.7 Å². The lowest BCUT2D eigenvalue weighted by atomic mass is 10.2. The molecule has 1 aromatic heterocycles. The van der Waals surface area contributed by atoms with Gasteiger partial charge in [0.2, 0.25) is 5.88 Å². The summed E-state index contributed by atoms with van der Waals surface area (Å²) in [4.78, 5) is 5.67. The Balaban J connectivity index is 2.09. The monoisotopic (exact) mass is 342 g/mol. The molecule has 8 heteroatoms. The Morgan fingerprint density at radius 3 is 2.35 bits per heavy atom. The molecule has 1 heterocycles. The molecule has 0 spiro atoms. The minimum absolute atomic E-state index is 0.0468. The summed E-state index contributed by atoms with van der Waals surface area (Å²) in [5, 5.41) is 0.0468. The van der Waals surface area contributed by atoms with E-state index in [-0.39, 0.29) is 10.9 Å². The Morgan fingerprint density at radius 1 is 1.13 bits per heavy atom. The second-order valence-electron chi connectivity index (χ2n) is 4.49. The zero-order valence-electron chi connectivity index (χ0n) is 12.3. The van der Waals surface area contributed by atoms with Crippen molar-refractivity contribution in [3.63, 3.8) is 0 Å². The topological polar surface area (TPSA) is 34.6 Å². The molecule has 4 nitrogen and oxygen atoms in total. The fourth-order valence-corrected chi connectivity index (χ4v) is 1.87. The van der Waals surface area contributed by atoms with Crippen molar-refractivity contribution in [2.75, 3.05) is 19.1 Å². The van der Waals surface area contributed by atoms with Gasteiger partial charge in [0, 0.05) is 13.1 Å². The maximum absolute atomic E-state index is 12.5. The van der Waals surface area contributed by atoms with Crippen molar-refractivity contribution >= 4 is 23.2 Å². The lowest BCUT2D eigenvalue weighted by Gasteiger charge is -2.19. The Hall–Kier alpha value is -2.35. The second-order valence-corrected chi connectivity index (χ2v) is 4.84. The molecule has 0 unspecified atom stereocenters. The van der Waals surface area contributed by atoms with Crippen LogP contribution in [0, 0.1) is 0 Å². The number of halogens is 3. The number of aromatic nitrogens is 1. The van der Waals surface area contributed by atoms with Gasteiger partial charge in [0.25, 0.3) is 5.17 Å². The highest BCUT2D eigenvalue weighted by molar-refractivity contribution is 7.80. The summed E-state index contributed by atoms with van der Waals surface area (Å²) in [6, 6.07) is 9.40. The standard InChI is InChI=1S/C15H13F3N2O2S/c1-20(12-4-3-5-13(19-12)21-2)14(23)22-11-8-6-10(7-9-11)15(16,17)18/h3-9H,1-2H3. The van der Waals surface area contributed by atoms with Crippen molar-refractivity contribution in [3.8, 4) is 11.6 Å².